The Kier molecular flexibility index (Phi) is 32.7. The van der Waals surface area contributed by atoms with E-state index in [1.807, 2.05) is 0 Å². The molecule has 0 spiro atoms. The summed E-state index contributed by atoms with van der Waals surface area (Å²) in [7, 11) is 0. The average Bonchev–Trinajstić information content (AvgIpc) is 3.12. The van der Waals surface area contributed by atoms with E-state index in [9.17, 15) is 58.8 Å². The number of esters is 2. The van der Waals surface area contributed by atoms with Crippen LogP contribution in [0.25, 0.3) is 0 Å². The van der Waals surface area contributed by atoms with Crippen molar-refractivity contribution in [3.63, 3.8) is 0 Å². The second-order valence-corrected chi connectivity index (χ2v) is 13.7. The van der Waals surface area contributed by atoms with E-state index in [-0.39, 0.29) is 134 Å². The molecule has 0 aromatic carbocycles. The zero-order valence-corrected chi connectivity index (χ0v) is 37.3. The van der Waals surface area contributed by atoms with Gasteiger partial charge in [0.25, 0.3) is 0 Å². The zero-order valence-electron chi connectivity index (χ0n) is 35.1. The van der Waals surface area contributed by atoms with Crippen LogP contribution in [0.15, 0.2) is 34.9 Å². The minimum atomic E-state index is -1.28. The van der Waals surface area contributed by atoms with E-state index in [0.717, 1.165) is 25.2 Å². The van der Waals surface area contributed by atoms with Gasteiger partial charge in [-0.25, -0.2) is 26.9 Å². The van der Waals surface area contributed by atoms with E-state index in [1.54, 1.807) is 6.92 Å². The number of rotatable bonds is 27. The molecule has 0 aliphatic heterocycles. The first kappa shape index (κ1) is 60.5. The SMILES string of the molecule is [CH2-]/C(C)=C\C(=O)N([O-])CCC[C@H](NC(C)=O)C(=O)OCC/C(C)=C\C(=O)N([O-])CCC[C@H](NC(C)=O)C(=O)OCC/C(C)=C\C(=O)N([O-])CCC[C@H](NC(C)=O)C(=O)O.[Fe+3].[Fe]. The Morgan fingerprint density at radius 1 is 0.574 bits per heavy atom. The molecular weight excluding hydrogens is 892 g/mol. The van der Waals surface area contributed by atoms with E-state index in [4.69, 9.17) is 14.6 Å². The number of hydroxylamine groups is 6. The Morgan fingerprint density at radius 2 is 0.869 bits per heavy atom. The standard InChI is InChI=1S/C38H56N6O15.2Fe/c1-24(2)21-33(48)42(55)17-9-12-31(40-28(6)46)37(53)58-20-15-26(4)23-35(50)44(57)18-10-13-32(41-29(7)47)38(54)59-19-14-25(3)22-34(49)43(56)16-8-11-30(36(51)52)39-27(5)45;;/h21-23,30-32H,1,8-20H2,2-7H3,(H,39,45)(H,40,46)(H,41,47)(H,51,52);;/q-4;;+3/b24-21+,25-22-,26-23-;;/t30-,31-,32-;;/m0../s1. The fourth-order valence-corrected chi connectivity index (χ4v) is 4.96. The summed E-state index contributed by atoms with van der Waals surface area (Å²) >= 11 is 0. The van der Waals surface area contributed by atoms with E-state index in [2.05, 4.69) is 22.9 Å². The monoisotopic (exact) mass is 948 g/mol. The Bertz CT molecular complexity index is 1590. The molecule has 23 heteroatoms. The van der Waals surface area contributed by atoms with Gasteiger partial charge in [0.05, 0.1) is 13.2 Å². The second kappa shape index (κ2) is 32.9. The van der Waals surface area contributed by atoms with Gasteiger partial charge in [0.15, 0.2) is 5.91 Å². The molecule has 0 saturated heterocycles. The first-order valence-corrected chi connectivity index (χ1v) is 18.7. The normalized spacial score (nSPS) is 12.8. The van der Waals surface area contributed by atoms with Crippen LogP contribution in [0.5, 0.6) is 0 Å². The maximum Gasteiger partial charge on any atom is 3.00 e. The van der Waals surface area contributed by atoms with Crippen LogP contribution in [-0.4, -0.2) is 125 Å². The number of carbonyl (C=O) groups is 9. The molecule has 0 aliphatic rings. The Balaban J connectivity index is -0.0000168. The molecule has 0 unspecified atom stereocenters. The van der Waals surface area contributed by atoms with Crippen molar-refractivity contribution >= 4 is 53.4 Å². The van der Waals surface area contributed by atoms with Crippen molar-refractivity contribution in [3.05, 3.63) is 57.5 Å². The van der Waals surface area contributed by atoms with Gasteiger partial charge in [-0.3, -0.25) is 28.8 Å². The van der Waals surface area contributed by atoms with E-state index < -0.39 is 71.5 Å². The number of carboxylic acids is 1. The van der Waals surface area contributed by atoms with E-state index in [0.29, 0.717) is 16.7 Å². The third-order valence-corrected chi connectivity index (χ3v) is 7.89. The minimum absolute atomic E-state index is 0. The molecule has 0 heterocycles. The van der Waals surface area contributed by atoms with Crippen LogP contribution in [0.3, 0.4) is 0 Å². The predicted molar refractivity (Wildman–Crippen MR) is 211 cm³/mol. The number of carboxylic acid groups (broad SMARTS) is 1. The quantitative estimate of drug-likeness (QED) is 0.0298. The van der Waals surface area contributed by atoms with Crippen molar-refractivity contribution in [2.75, 3.05) is 32.8 Å². The summed E-state index contributed by atoms with van der Waals surface area (Å²) in [5.74, 6) is -7.20. The third-order valence-electron chi connectivity index (χ3n) is 7.89. The molecule has 0 saturated carbocycles. The fraction of sp³-hybridized carbons (Fsp3) is 0.579. The minimum Gasteiger partial charge on any atom is -0.757 e. The maximum absolute atomic E-state index is 12.7. The molecule has 345 valence electrons. The summed E-state index contributed by atoms with van der Waals surface area (Å²) in [4.78, 5) is 107. The van der Waals surface area contributed by atoms with Crippen molar-refractivity contribution in [2.24, 2.45) is 0 Å². The average molecular weight is 949 g/mol. The van der Waals surface area contributed by atoms with Crippen LogP contribution in [-0.2, 0) is 86.8 Å². The Labute approximate surface area is 376 Å². The molecule has 4 N–H and O–H groups in total. The first-order valence-electron chi connectivity index (χ1n) is 18.7. The number of nitrogens with zero attached hydrogens (tertiary/aromatic N) is 3. The van der Waals surface area contributed by atoms with Crippen molar-refractivity contribution in [2.45, 2.75) is 111 Å². The molecule has 0 aromatic rings. The van der Waals surface area contributed by atoms with Gasteiger partial charge >= 0.3 is 35.0 Å². The fourth-order valence-electron chi connectivity index (χ4n) is 4.96. The second-order valence-electron chi connectivity index (χ2n) is 13.7. The van der Waals surface area contributed by atoms with Gasteiger partial charge in [-0.2, -0.15) is 0 Å². The van der Waals surface area contributed by atoms with Gasteiger partial charge in [-0.15, -0.1) is 6.08 Å². The van der Waals surface area contributed by atoms with Gasteiger partial charge < -0.3 is 61.3 Å². The van der Waals surface area contributed by atoms with Crippen LogP contribution < -0.4 is 16.0 Å². The van der Waals surface area contributed by atoms with Crippen LogP contribution >= 0.6 is 0 Å². The largest absolute Gasteiger partial charge is 3.00 e. The zero-order chi connectivity index (χ0) is 45.2. The summed E-state index contributed by atoms with van der Waals surface area (Å²) in [5.41, 5.74) is 1.16. The van der Waals surface area contributed by atoms with Crippen LogP contribution in [0, 0.1) is 22.5 Å². The van der Waals surface area contributed by atoms with Crippen LogP contribution in [0.1, 0.15) is 92.9 Å². The third kappa shape index (κ3) is 29.2. The van der Waals surface area contributed by atoms with Gasteiger partial charge in [0.1, 0.15) is 18.1 Å². The number of hydrogen-bond acceptors (Lipinski definition) is 14. The molecule has 61 heavy (non-hydrogen) atoms. The summed E-state index contributed by atoms with van der Waals surface area (Å²) in [6.45, 7) is 10.3. The number of carbonyl (C=O) groups excluding carboxylic acids is 8. The predicted octanol–water partition coefficient (Wildman–Crippen LogP) is 1.44. The van der Waals surface area contributed by atoms with Gasteiger partial charge in [0, 0.05) is 82.5 Å². The first-order chi connectivity index (χ1) is 27.5. The molecule has 1 radical (unpaired) electrons. The summed E-state index contributed by atoms with van der Waals surface area (Å²) in [5, 5.41) is 53.2. The van der Waals surface area contributed by atoms with Gasteiger partial charge in [0.2, 0.25) is 29.5 Å². The molecule has 0 rings (SSSR count). The van der Waals surface area contributed by atoms with E-state index in [1.165, 1.54) is 27.7 Å². The molecule has 0 fully saturated rings. The van der Waals surface area contributed by atoms with Crippen molar-refractivity contribution < 1.29 is 91.9 Å². The Morgan fingerprint density at radius 3 is 1.16 bits per heavy atom. The number of ether oxygens (including phenoxy) is 2. The molecule has 21 nitrogen and oxygen atoms in total. The molecule has 0 bridgehead atoms. The van der Waals surface area contributed by atoms with Gasteiger partial charge in [-0.1, -0.05) is 18.1 Å². The summed E-state index contributed by atoms with van der Waals surface area (Å²) in [6.07, 6.45) is 3.19. The number of hydrogen-bond donors (Lipinski definition) is 4. The summed E-state index contributed by atoms with van der Waals surface area (Å²) in [6, 6.07) is -3.47. The molecular formula is C38H56Fe2N6O15-. The summed E-state index contributed by atoms with van der Waals surface area (Å²) < 4.78 is 10.4. The Hall–Kier alpha value is -4.76. The molecule has 0 aromatic heterocycles. The van der Waals surface area contributed by atoms with Crippen LogP contribution in [0.2, 0.25) is 0 Å². The van der Waals surface area contributed by atoms with Crippen LogP contribution in [0.4, 0.5) is 0 Å². The molecule has 6 amide bonds. The molecule has 3 atom stereocenters. The smallest absolute Gasteiger partial charge is 0.757 e. The van der Waals surface area contributed by atoms with Crippen molar-refractivity contribution in [1.29, 1.82) is 0 Å². The van der Waals surface area contributed by atoms with Crippen molar-refractivity contribution in [3.8, 4) is 0 Å². The number of aliphatic carboxylic acids is 1. The molecule has 0 aliphatic carbocycles. The van der Waals surface area contributed by atoms with E-state index >= 15 is 0 Å². The van der Waals surface area contributed by atoms with Gasteiger partial charge in [-0.05, 0) is 52.4 Å². The maximum atomic E-state index is 12.7. The van der Waals surface area contributed by atoms with Crippen molar-refractivity contribution in [1.82, 2.24) is 31.1 Å². The number of allylic oxidation sites excluding steroid dienone is 1. The number of amides is 6. The topological polar surface area (TPSA) is 307 Å². The number of nitrogens with one attached hydrogen (secondary N) is 3.